The number of amides is 2. The van der Waals surface area contributed by atoms with Gasteiger partial charge in [0.25, 0.3) is 0 Å². The smallest absolute Gasteiger partial charge is 0.317 e. The molecule has 0 radical (unpaired) electrons. The molecule has 1 aromatic rings. The highest BCUT2D eigenvalue weighted by molar-refractivity contribution is 7.91. The van der Waals surface area contributed by atoms with Crippen LogP contribution in [-0.4, -0.2) is 60.3 Å². The fourth-order valence-electron chi connectivity index (χ4n) is 2.85. The Labute approximate surface area is 138 Å². The van der Waals surface area contributed by atoms with Gasteiger partial charge < -0.3 is 10.2 Å². The van der Waals surface area contributed by atoms with Crippen LogP contribution in [-0.2, 0) is 16.4 Å². The van der Waals surface area contributed by atoms with E-state index in [2.05, 4.69) is 17.3 Å². The van der Waals surface area contributed by atoms with E-state index < -0.39 is 9.84 Å². The van der Waals surface area contributed by atoms with E-state index in [0.29, 0.717) is 13.0 Å². The fourth-order valence-corrected chi connectivity index (χ4v) is 4.63. The van der Waals surface area contributed by atoms with E-state index in [0.717, 1.165) is 17.9 Å². The standard InChI is InChI=1S/C15H26N4O3S/c1-11(9-19-13(3)7-12(2)17-19)8-16-15(20)18(4)14-5-6-23(21,22)10-14/h7,11,14H,5-6,8-10H2,1-4H3,(H,16,20)/t11-,14+/m0/s1. The number of hydrogen-bond acceptors (Lipinski definition) is 4. The molecular weight excluding hydrogens is 316 g/mol. The van der Waals surface area contributed by atoms with E-state index in [1.54, 1.807) is 7.05 Å². The van der Waals surface area contributed by atoms with Gasteiger partial charge >= 0.3 is 6.03 Å². The Kier molecular flexibility index (Phi) is 5.33. The molecule has 1 N–H and O–H groups in total. The fraction of sp³-hybridized carbons (Fsp3) is 0.733. The lowest BCUT2D eigenvalue weighted by Crippen LogP contribution is -2.45. The minimum absolute atomic E-state index is 0.0677. The number of sulfone groups is 1. The minimum Gasteiger partial charge on any atom is -0.338 e. The lowest BCUT2D eigenvalue weighted by atomic mass is 10.2. The third kappa shape index (κ3) is 4.70. The van der Waals surface area contributed by atoms with Crippen LogP contribution in [0.25, 0.3) is 0 Å². The van der Waals surface area contributed by atoms with Crippen molar-refractivity contribution < 1.29 is 13.2 Å². The molecule has 2 heterocycles. The first kappa shape index (κ1) is 17.8. The molecule has 0 saturated carbocycles. The lowest BCUT2D eigenvalue weighted by Gasteiger charge is -2.24. The monoisotopic (exact) mass is 342 g/mol. The van der Waals surface area contributed by atoms with Crippen molar-refractivity contribution in [2.75, 3.05) is 25.1 Å². The second kappa shape index (κ2) is 6.90. The summed E-state index contributed by atoms with van der Waals surface area (Å²) in [6.07, 6.45) is 0.521. The quantitative estimate of drug-likeness (QED) is 0.864. The Morgan fingerprint density at radius 1 is 1.52 bits per heavy atom. The predicted octanol–water partition coefficient (Wildman–Crippen LogP) is 0.965. The third-order valence-corrected chi connectivity index (χ3v) is 6.02. The molecule has 2 rings (SSSR count). The average Bonchev–Trinajstić information content (AvgIpc) is 2.97. The Morgan fingerprint density at radius 3 is 2.74 bits per heavy atom. The van der Waals surface area contributed by atoms with Crippen molar-refractivity contribution in [2.45, 2.75) is 39.8 Å². The van der Waals surface area contributed by atoms with Crippen LogP contribution < -0.4 is 5.32 Å². The molecule has 130 valence electrons. The number of nitrogens with one attached hydrogen (secondary N) is 1. The maximum absolute atomic E-state index is 12.2. The highest BCUT2D eigenvalue weighted by Crippen LogP contribution is 2.16. The first-order valence-electron chi connectivity index (χ1n) is 7.90. The van der Waals surface area contributed by atoms with Crippen molar-refractivity contribution in [2.24, 2.45) is 5.92 Å². The number of hydrogen-bond donors (Lipinski definition) is 1. The van der Waals surface area contributed by atoms with Crippen LogP contribution in [0.15, 0.2) is 6.07 Å². The van der Waals surface area contributed by atoms with Gasteiger partial charge in [0.05, 0.1) is 17.2 Å². The number of urea groups is 1. The van der Waals surface area contributed by atoms with Gasteiger partial charge in [-0.25, -0.2) is 13.2 Å². The van der Waals surface area contributed by atoms with Crippen LogP contribution in [0, 0.1) is 19.8 Å². The van der Waals surface area contributed by atoms with Crippen LogP contribution in [0.3, 0.4) is 0 Å². The van der Waals surface area contributed by atoms with Gasteiger partial charge in [-0.15, -0.1) is 0 Å². The maximum Gasteiger partial charge on any atom is 0.317 e. The summed E-state index contributed by atoms with van der Waals surface area (Å²) in [6.45, 7) is 7.29. The second-order valence-electron chi connectivity index (χ2n) is 6.57. The minimum atomic E-state index is -2.98. The average molecular weight is 342 g/mol. The molecule has 2 amide bonds. The summed E-state index contributed by atoms with van der Waals surface area (Å²) in [4.78, 5) is 13.7. The second-order valence-corrected chi connectivity index (χ2v) is 8.80. The predicted molar refractivity (Wildman–Crippen MR) is 89.1 cm³/mol. The normalized spacial score (nSPS) is 21.1. The van der Waals surface area contributed by atoms with Crippen molar-refractivity contribution in [3.05, 3.63) is 17.5 Å². The lowest BCUT2D eigenvalue weighted by molar-refractivity contribution is 0.193. The van der Waals surface area contributed by atoms with Crippen LogP contribution in [0.1, 0.15) is 24.7 Å². The Bertz CT molecular complexity index is 668. The molecule has 0 aromatic carbocycles. The summed E-state index contributed by atoms with van der Waals surface area (Å²) in [5.41, 5.74) is 2.09. The van der Waals surface area contributed by atoms with Gasteiger partial charge in [-0.3, -0.25) is 4.68 Å². The van der Waals surface area contributed by atoms with Gasteiger partial charge in [-0.1, -0.05) is 6.92 Å². The van der Waals surface area contributed by atoms with E-state index in [9.17, 15) is 13.2 Å². The molecule has 7 nitrogen and oxygen atoms in total. The Morgan fingerprint density at radius 2 is 2.22 bits per heavy atom. The van der Waals surface area contributed by atoms with Crippen LogP contribution >= 0.6 is 0 Å². The molecule has 1 aromatic heterocycles. The molecular formula is C15H26N4O3S. The first-order chi connectivity index (χ1) is 10.7. The van der Waals surface area contributed by atoms with Crippen LogP contribution in [0.4, 0.5) is 4.79 Å². The molecule has 0 unspecified atom stereocenters. The zero-order valence-electron chi connectivity index (χ0n) is 14.2. The summed E-state index contributed by atoms with van der Waals surface area (Å²) < 4.78 is 25.0. The summed E-state index contributed by atoms with van der Waals surface area (Å²) in [5, 5.41) is 7.30. The number of carbonyl (C=O) groups is 1. The molecule has 23 heavy (non-hydrogen) atoms. The van der Waals surface area contributed by atoms with E-state index in [1.807, 2.05) is 24.6 Å². The molecule has 0 aliphatic carbocycles. The third-order valence-electron chi connectivity index (χ3n) is 4.27. The van der Waals surface area contributed by atoms with Crippen molar-refractivity contribution in [3.8, 4) is 0 Å². The SMILES string of the molecule is Cc1cc(C)n(C[C@@H](C)CNC(=O)N(C)[C@@H]2CCS(=O)(=O)C2)n1. The number of aryl methyl sites for hydroxylation is 2. The maximum atomic E-state index is 12.2. The van der Waals surface area contributed by atoms with Gasteiger partial charge in [0, 0.05) is 31.9 Å². The zero-order chi connectivity index (χ0) is 17.2. The Balaban J connectivity index is 1.80. The highest BCUT2D eigenvalue weighted by Gasteiger charge is 2.32. The molecule has 1 aliphatic heterocycles. The van der Waals surface area contributed by atoms with E-state index in [4.69, 9.17) is 0 Å². The first-order valence-corrected chi connectivity index (χ1v) is 9.72. The van der Waals surface area contributed by atoms with E-state index >= 15 is 0 Å². The summed E-state index contributed by atoms with van der Waals surface area (Å²) in [7, 11) is -1.32. The van der Waals surface area contributed by atoms with Crippen LogP contribution in [0.5, 0.6) is 0 Å². The molecule has 1 fully saturated rings. The van der Waals surface area contributed by atoms with Crippen molar-refractivity contribution in [3.63, 3.8) is 0 Å². The number of rotatable bonds is 5. The molecule has 1 aliphatic rings. The summed E-state index contributed by atoms with van der Waals surface area (Å²) in [6, 6.07) is 1.60. The van der Waals surface area contributed by atoms with Crippen molar-refractivity contribution in [1.29, 1.82) is 0 Å². The number of nitrogens with zero attached hydrogens (tertiary/aromatic N) is 3. The molecule has 0 bridgehead atoms. The topological polar surface area (TPSA) is 84.3 Å². The largest absolute Gasteiger partial charge is 0.338 e. The van der Waals surface area contributed by atoms with Gasteiger partial charge in [0.15, 0.2) is 9.84 Å². The molecule has 2 atom stereocenters. The van der Waals surface area contributed by atoms with E-state index in [-0.39, 0.29) is 29.5 Å². The summed E-state index contributed by atoms with van der Waals surface area (Å²) >= 11 is 0. The number of carbonyl (C=O) groups excluding carboxylic acids is 1. The van der Waals surface area contributed by atoms with Crippen molar-refractivity contribution >= 4 is 15.9 Å². The summed E-state index contributed by atoms with van der Waals surface area (Å²) in [5.74, 6) is 0.472. The van der Waals surface area contributed by atoms with Gasteiger partial charge in [0.1, 0.15) is 0 Å². The molecule has 1 saturated heterocycles. The van der Waals surface area contributed by atoms with Crippen molar-refractivity contribution in [1.82, 2.24) is 20.0 Å². The Hall–Kier alpha value is -1.57. The molecule has 0 spiro atoms. The molecule has 8 heteroatoms. The highest BCUT2D eigenvalue weighted by atomic mass is 32.2. The van der Waals surface area contributed by atoms with E-state index in [1.165, 1.54) is 4.90 Å². The van der Waals surface area contributed by atoms with Gasteiger partial charge in [-0.05, 0) is 32.3 Å². The van der Waals surface area contributed by atoms with Gasteiger partial charge in [0.2, 0.25) is 0 Å². The van der Waals surface area contributed by atoms with Crippen LogP contribution in [0.2, 0.25) is 0 Å². The zero-order valence-corrected chi connectivity index (χ0v) is 15.1. The number of aromatic nitrogens is 2. The van der Waals surface area contributed by atoms with Gasteiger partial charge in [-0.2, -0.15) is 5.10 Å².